The Morgan fingerprint density at radius 1 is 1.47 bits per heavy atom. The van der Waals surface area contributed by atoms with E-state index in [1.54, 1.807) is 0 Å². The number of hydrogen-bond donors (Lipinski definition) is 2. The van der Waals surface area contributed by atoms with E-state index in [9.17, 15) is 4.79 Å². The van der Waals surface area contributed by atoms with Crippen LogP contribution < -0.4 is 11.1 Å². The minimum absolute atomic E-state index is 0.0827. The Morgan fingerprint density at radius 3 is 2.59 bits per heavy atom. The molecule has 17 heavy (non-hydrogen) atoms. The zero-order valence-electron chi connectivity index (χ0n) is 10.9. The summed E-state index contributed by atoms with van der Waals surface area (Å²) in [6, 6.07) is 0.475. The number of carbonyl (C=O) groups is 1. The van der Waals surface area contributed by atoms with Crippen LogP contribution in [-0.2, 0) is 9.53 Å². The van der Waals surface area contributed by atoms with E-state index >= 15 is 0 Å². The zero-order valence-corrected chi connectivity index (χ0v) is 10.9. The minimum atomic E-state index is -0.621. The summed E-state index contributed by atoms with van der Waals surface area (Å²) in [6.45, 7) is 4.75. The van der Waals surface area contributed by atoms with Crippen molar-refractivity contribution in [3.8, 4) is 0 Å². The number of primary amides is 1. The molecular weight excluding hydrogens is 216 g/mol. The van der Waals surface area contributed by atoms with Crippen molar-refractivity contribution < 1.29 is 9.53 Å². The van der Waals surface area contributed by atoms with Crippen LogP contribution in [0.2, 0.25) is 0 Å². The van der Waals surface area contributed by atoms with Crippen molar-refractivity contribution in [3.05, 3.63) is 0 Å². The van der Waals surface area contributed by atoms with Crippen LogP contribution in [-0.4, -0.2) is 30.2 Å². The van der Waals surface area contributed by atoms with Gasteiger partial charge in [0.1, 0.15) is 0 Å². The van der Waals surface area contributed by atoms with Gasteiger partial charge in [-0.25, -0.2) is 0 Å². The van der Waals surface area contributed by atoms with Gasteiger partial charge in [0.25, 0.3) is 0 Å². The van der Waals surface area contributed by atoms with E-state index < -0.39 is 5.54 Å². The van der Waals surface area contributed by atoms with Crippen molar-refractivity contribution in [3.63, 3.8) is 0 Å². The second kappa shape index (κ2) is 4.94. The lowest BCUT2D eigenvalue weighted by atomic mass is 9.93. The van der Waals surface area contributed by atoms with E-state index in [1.165, 1.54) is 12.8 Å². The van der Waals surface area contributed by atoms with Gasteiger partial charge in [0.2, 0.25) is 5.91 Å². The molecule has 0 spiro atoms. The summed E-state index contributed by atoms with van der Waals surface area (Å²) < 4.78 is 5.77. The average Bonchev–Trinajstić information content (AvgIpc) is 3.09. The summed E-state index contributed by atoms with van der Waals surface area (Å²) in [6.07, 6.45) is 5.63. The molecule has 2 atom stereocenters. The van der Waals surface area contributed by atoms with Gasteiger partial charge in [0, 0.05) is 19.1 Å². The molecule has 2 saturated carbocycles. The van der Waals surface area contributed by atoms with E-state index in [1.807, 2.05) is 13.8 Å². The van der Waals surface area contributed by atoms with E-state index in [2.05, 4.69) is 5.32 Å². The van der Waals surface area contributed by atoms with Crippen LogP contribution in [0.15, 0.2) is 0 Å². The van der Waals surface area contributed by atoms with Crippen molar-refractivity contribution in [2.75, 3.05) is 6.61 Å². The SMILES string of the molecule is CC(CC(C)(NC1CC1)C(N)=O)OCC1CC1. The van der Waals surface area contributed by atoms with E-state index in [0.29, 0.717) is 12.5 Å². The number of carbonyl (C=O) groups excluding carboxylic acids is 1. The first-order valence-electron chi connectivity index (χ1n) is 6.69. The maximum atomic E-state index is 11.6. The molecule has 0 aromatic carbocycles. The first-order valence-corrected chi connectivity index (χ1v) is 6.69. The number of nitrogens with two attached hydrogens (primary N) is 1. The Balaban J connectivity index is 1.79. The molecule has 3 N–H and O–H groups in total. The molecular formula is C13H24N2O2. The van der Waals surface area contributed by atoms with Crippen molar-refractivity contribution in [1.29, 1.82) is 0 Å². The standard InChI is InChI=1S/C13H24N2O2/c1-9(17-8-10-3-4-10)7-13(2,12(14)16)15-11-5-6-11/h9-11,15H,3-8H2,1-2H3,(H2,14,16). The molecule has 0 heterocycles. The van der Waals surface area contributed by atoms with Crippen LogP contribution in [0.3, 0.4) is 0 Å². The van der Waals surface area contributed by atoms with Gasteiger partial charge in [-0.15, -0.1) is 0 Å². The fourth-order valence-corrected chi connectivity index (χ4v) is 2.13. The molecule has 0 aliphatic heterocycles. The van der Waals surface area contributed by atoms with Gasteiger partial charge >= 0.3 is 0 Å². The Kier molecular flexibility index (Phi) is 3.73. The average molecular weight is 240 g/mol. The number of hydrogen-bond acceptors (Lipinski definition) is 3. The van der Waals surface area contributed by atoms with Gasteiger partial charge in [-0.05, 0) is 45.4 Å². The molecule has 98 valence electrons. The van der Waals surface area contributed by atoms with Crippen LogP contribution in [0.25, 0.3) is 0 Å². The van der Waals surface area contributed by atoms with Crippen LogP contribution >= 0.6 is 0 Å². The lowest BCUT2D eigenvalue weighted by Crippen LogP contribution is -2.55. The summed E-state index contributed by atoms with van der Waals surface area (Å²) in [5.74, 6) is 0.486. The molecule has 2 fully saturated rings. The smallest absolute Gasteiger partial charge is 0.237 e. The predicted molar refractivity (Wildman–Crippen MR) is 66.5 cm³/mol. The topological polar surface area (TPSA) is 64.3 Å². The van der Waals surface area contributed by atoms with E-state index in [0.717, 1.165) is 25.4 Å². The predicted octanol–water partition coefficient (Wildman–Crippen LogP) is 1.19. The van der Waals surface area contributed by atoms with Gasteiger partial charge in [-0.3, -0.25) is 4.79 Å². The van der Waals surface area contributed by atoms with Gasteiger partial charge in [0.05, 0.1) is 11.6 Å². The molecule has 2 rings (SSSR count). The molecule has 1 amide bonds. The highest BCUT2D eigenvalue weighted by Crippen LogP contribution is 2.30. The quantitative estimate of drug-likeness (QED) is 0.670. The largest absolute Gasteiger partial charge is 0.378 e. The molecule has 0 aromatic heterocycles. The molecule has 2 aliphatic carbocycles. The Hall–Kier alpha value is -0.610. The van der Waals surface area contributed by atoms with Gasteiger partial charge in [0.15, 0.2) is 0 Å². The fourth-order valence-electron chi connectivity index (χ4n) is 2.13. The third kappa shape index (κ3) is 3.96. The summed E-state index contributed by atoms with van der Waals surface area (Å²) in [7, 11) is 0. The number of ether oxygens (including phenoxy) is 1. The maximum absolute atomic E-state index is 11.6. The molecule has 0 bridgehead atoms. The Bertz CT molecular complexity index is 287. The highest BCUT2D eigenvalue weighted by molar-refractivity contribution is 5.84. The van der Waals surface area contributed by atoms with E-state index in [-0.39, 0.29) is 12.0 Å². The second-order valence-corrected chi connectivity index (χ2v) is 5.91. The summed E-state index contributed by atoms with van der Waals surface area (Å²) >= 11 is 0. The highest BCUT2D eigenvalue weighted by atomic mass is 16.5. The van der Waals surface area contributed by atoms with Crippen LogP contribution in [0.4, 0.5) is 0 Å². The second-order valence-electron chi connectivity index (χ2n) is 5.91. The van der Waals surface area contributed by atoms with Gasteiger partial charge in [-0.2, -0.15) is 0 Å². The summed E-state index contributed by atoms with van der Waals surface area (Å²) in [5, 5.41) is 3.35. The summed E-state index contributed by atoms with van der Waals surface area (Å²) in [4.78, 5) is 11.6. The first-order chi connectivity index (χ1) is 7.99. The molecule has 4 nitrogen and oxygen atoms in total. The first kappa shape index (κ1) is 12.8. The van der Waals surface area contributed by atoms with Gasteiger partial charge < -0.3 is 15.8 Å². The molecule has 4 heteroatoms. The zero-order chi connectivity index (χ0) is 12.5. The molecule has 2 aliphatic rings. The van der Waals surface area contributed by atoms with Gasteiger partial charge in [-0.1, -0.05) is 0 Å². The van der Waals surface area contributed by atoms with E-state index in [4.69, 9.17) is 10.5 Å². The fraction of sp³-hybridized carbons (Fsp3) is 0.923. The number of rotatable bonds is 8. The van der Waals surface area contributed by atoms with Crippen molar-refractivity contribution in [2.24, 2.45) is 11.7 Å². The van der Waals surface area contributed by atoms with Crippen molar-refractivity contribution in [1.82, 2.24) is 5.32 Å². The lowest BCUT2D eigenvalue weighted by molar-refractivity contribution is -0.125. The molecule has 0 saturated heterocycles. The lowest BCUT2D eigenvalue weighted by Gasteiger charge is -2.30. The van der Waals surface area contributed by atoms with Crippen LogP contribution in [0, 0.1) is 5.92 Å². The molecule has 2 unspecified atom stereocenters. The maximum Gasteiger partial charge on any atom is 0.237 e. The molecule has 0 radical (unpaired) electrons. The minimum Gasteiger partial charge on any atom is -0.378 e. The third-order valence-corrected chi connectivity index (χ3v) is 3.65. The Labute approximate surface area is 103 Å². The monoisotopic (exact) mass is 240 g/mol. The molecule has 0 aromatic rings. The normalized spacial score (nSPS) is 25.3. The summed E-state index contributed by atoms with van der Waals surface area (Å²) in [5.41, 5.74) is 4.89. The Morgan fingerprint density at radius 2 is 2.12 bits per heavy atom. The van der Waals surface area contributed by atoms with Crippen molar-refractivity contribution in [2.45, 2.75) is 63.6 Å². The van der Waals surface area contributed by atoms with Crippen LogP contribution in [0.1, 0.15) is 46.0 Å². The van der Waals surface area contributed by atoms with Crippen molar-refractivity contribution >= 4 is 5.91 Å². The highest BCUT2D eigenvalue weighted by Gasteiger charge is 2.38. The number of amides is 1. The van der Waals surface area contributed by atoms with Crippen LogP contribution in [0.5, 0.6) is 0 Å². The number of nitrogens with one attached hydrogen (secondary N) is 1. The third-order valence-electron chi connectivity index (χ3n) is 3.65.